The van der Waals surface area contributed by atoms with Crippen molar-refractivity contribution >= 4 is 11.8 Å². The highest BCUT2D eigenvalue weighted by Crippen LogP contribution is 2.39. The minimum Gasteiger partial charge on any atom is -0.372 e. The molecular weight excluding hydrogens is 344 g/mol. The van der Waals surface area contributed by atoms with Crippen molar-refractivity contribution in [2.45, 2.75) is 52.5 Å². The van der Waals surface area contributed by atoms with Gasteiger partial charge in [-0.3, -0.25) is 19.6 Å². The van der Waals surface area contributed by atoms with Crippen LogP contribution in [0.3, 0.4) is 0 Å². The molecule has 2 aliphatic rings. The van der Waals surface area contributed by atoms with Crippen molar-refractivity contribution in [3.8, 4) is 0 Å². The van der Waals surface area contributed by atoms with Crippen molar-refractivity contribution in [1.29, 1.82) is 0 Å². The lowest BCUT2D eigenvalue weighted by Gasteiger charge is -2.48. The second-order valence-electron chi connectivity index (χ2n) is 7.87. The summed E-state index contributed by atoms with van der Waals surface area (Å²) >= 11 is 0. The summed E-state index contributed by atoms with van der Waals surface area (Å²) < 4.78 is 5.43. The quantitative estimate of drug-likeness (QED) is 0.712. The number of likely N-dealkylation sites (tertiary alicyclic amines) is 2. The first-order valence-electron chi connectivity index (χ1n) is 9.92. The fraction of sp³-hybridized carbons (Fsp3) is 0.700. The van der Waals surface area contributed by atoms with Gasteiger partial charge < -0.3 is 14.5 Å². The fourth-order valence-electron chi connectivity index (χ4n) is 4.09. The molecule has 148 valence electrons. The summed E-state index contributed by atoms with van der Waals surface area (Å²) in [6.45, 7) is 7.37. The number of ether oxygens (including phenoxy) is 1. The third kappa shape index (κ3) is 5.03. The molecule has 1 aromatic rings. The summed E-state index contributed by atoms with van der Waals surface area (Å²) in [7, 11) is 0. The minimum absolute atomic E-state index is 0.00922. The number of hydrogen-bond acceptors (Lipinski definition) is 5. The number of aryl methyl sites for hydroxylation is 1. The lowest BCUT2D eigenvalue weighted by atomic mass is 9.73. The Morgan fingerprint density at radius 2 is 2.11 bits per heavy atom. The van der Waals surface area contributed by atoms with E-state index in [-0.39, 0.29) is 23.8 Å². The molecule has 7 heteroatoms. The van der Waals surface area contributed by atoms with Gasteiger partial charge in [-0.05, 0) is 32.6 Å². The van der Waals surface area contributed by atoms with Gasteiger partial charge in [-0.15, -0.1) is 0 Å². The van der Waals surface area contributed by atoms with E-state index in [1.54, 1.807) is 12.4 Å². The van der Waals surface area contributed by atoms with E-state index in [2.05, 4.69) is 9.97 Å². The highest BCUT2D eigenvalue weighted by atomic mass is 16.5. The van der Waals surface area contributed by atoms with E-state index in [0.717, 1.165) is 43.6 Å². The zero-order valence-electron chi connectivity index (χ0n) is 16.4. The van der Waals surface area contributed by atoms with E-state index < -0.39 is 0 Å². The lowest BCUT2D eigenvalue weighted by Crippen LogP contribution is -2.55. The molecule has 7 nitrogen and oxygen atoms in total. The van der Waals surface area contributed by atoms with Crippen molar-refractivity contribution in [1.82, 2.24) is 19.8 Å². The number of nitrogens with zero attached hydrogens (tertiary/aromatic N) is 4. The van der Waals surface area contributed by atoms with E-state index in [4.69, 9.17) is 4.74 Å². The van der Waals surface area contributed by atoms with Crippen LogP contribution in [-0.4, -0.2) is 64.4 Å². The van der Waals surface area contributed by atoms with Crippen LogP contribution in [0.1, 0.15) is 50.4 Å². The summed E-state index contributed by atoms with van der Waals surface area (Å²) in [6, 6.07) is 0. The van der Waals surface area contributed by atoms with E-state index in [1.165, 1.54) is 0 Å². The first kappa shape index (κ1) is 19.7. The van der Waals surface area contributed by atoms with Crippen molar-refractivity contribution < 1.29 is 14.3 Å². The van der Waals surface area contributed by atoms with Gasteiger partial charge in [-0.2, -0.15) is 0 Å². The Bertz CT molecular complexity index is 664. The van der Waals surface area contributed by atoms with Gasteiger partial charge in [0.15, 0.2) is 0 Å². The number of piperidine rings is 2. The molecule has 0 radical (unpaired) electrons. The molecule has 3 heterocycles. The van der Waals surface area contributed by atoms with E-state index in [9.17, 15) is 9.59 Å². The monoisotopic (exact) mass is 374 g/mol. The van der Waals surface area contributed by atoms with Crippen molar-refractivity contribution in [2.24, 2.45) is 5.41 Å². The molecule has 0 bridgehead atoms. The molecule has 0 N–H and O–H groups in total. The first-order valence-corrected chi connectivity index (χ1v) is 9.92. The average molecular weight is 374 g/mol. The van der Waals surface area contributed by atoms with Gasteiger partial charge in [0.1, 0.15) is 6.61 Å². The molecule has 0 saturated carbocycles. The summed E-state index contributed by atoms with van der Waals surface area (Å²) in [4.78, 5) is 37.4. The van der Waals surface area contributed by atoms with Gasteiger partial charge in [-0.25, -0.2) is 0 Å². The molecular formula is C20H30N4O3. The van der Waals surface area contributed by atoms with Crippen LogP contribution in [0.4, 0.5) is 0 Å². The largest absolute Gasteiger partial charge is 0.372 e. The van der Waals surface area contributed by atoms with Crippen LogP contribution in [-0.2, 0) is 20.9 Å². The van der Waals surface area contributed by atoms with E-state index >= 15 is 0 Å². The Morgan fingerprint density at radius 3 is 2.85 bits per heavy atom. The van der Waals surface area contributed by atoms with Gasteiger partial charge in [0.2, 0.25) is 11.8 Å². The molecule has 0 unspecified atom stereocenters. The molecule has 2 saturated heterocycles. The molecule has 27 heavy (non-hydrogen) atoms. The molecule has 1 atom stereocenters. The number of amides is 2. The predicted octanol–water partition coefficient (Wildman–Crippen LogP) is 1.94. The zero-order valence-corrected chi connectivity index (χ0v) is 16.4. The molecule has 2 amide bonds. The van der Waals surface area contributed by atoms with E-state index in [1.807, 2.05) is 23.6 Å². The number of carbonyl (C=O) groups is 2. The van der Waals surface area contributed by atoms with Crippen LogP contribution >= 0.6 is 0 Å². The number of carbonyl (C=O) groups excluding carboxylic acids is 2. The second-order valence-corrected chi connectivity index (χ2v) is 7.87. The highest BCUT2D eigenvalue weighted by Gasteiger charge is 2.42. The smallest absolute Gasteiger partial charge is 0.248 e. The molecule has 0 aromatic carbocycles. The Hall–Kier alpha value is -2.02. The third-order valence-corrected chi connectivity index (χ3v) is 5.52. The summed E-state index contributed by atoms with van der Waals surface area (Å²) in [5.74, 6) is 0.230. The average Bonchev–Trinajstić information content (AvgIpc) is 2.67. The summed E-state index contributed by atoms with van der Waals surface area (Å²) in [5.41, 5.74) is 1.67. The molecule has 0 aliphatic carbocycles. The number of aromatic nitrogens is 2. The van der Waals surface area contributed by atoms with Gasteiger partial charge in [0.25, 0.3) is 0 Å². The van der Waals surface area contributed by atoms with Gasteiger partial charge in [0.05, 0.1) is 24.1 Å². The maximum atomic E-state index is 12.5. The van der Waals surface area contributed by atoms with Gasteiger partial charge in [0, 0.05) is 44.3 Å². The Morgan fingerprint density at radius 1 is 1.26 bits per heavy atom. The van der Waals surface area contributed by atoms with Crippen LogP contribution in [0.2, 0.25) is 0 Å². The Kier molecular flexibility index (Phi) is 6.42. The highest BCUT2D eigenvalue weighted by molar-refractivity contribution is 5.78. The molecule has 1 aromatic heterocycles. The standard InChI is InChI=1S/C20H30N4O3/c1-3-9-27-13-19(26)23-8-4-6-20(14-23)7-5-18(25)24(15-20)12-17-11-21-16(2)10-22-17/h10-11H,3-9,12-15H2,1-2H3/t20-/m0/s1. The summed E-state index contributed by atoms with van der Waals surface area (Å²) in [6.07, 6.45) is 7.80. The SMILES string of the molecule is CCCOCC(=O)N1CCC[C@]2(CCC(=O)N(Cc3cnc(C)cn3)C2)C1. The first-order chi connectivity index (χ1) is 13.0. The topological polar surface area (TPSA) is 75.6 Å². The zero-order chi connectivity index (χ0) is 19.3. The Balaban J connectivity index is 1.63. The Labute approximate surface area is 161 Å². The van der Waals surface area contributed by atoms with Crippen molar-refractivity contribution in [2.75, 3.05) is 32.8 Å². The van der Waals surface area contributed by atoms with Crippen LogP contribution < -0.4 is 0 Å². The third-order valence-electron chi connectivity index (χ3n) is 5.52. The van der Waals surface area contributed by atoms with Crippen LogP contribution in [0.15, 0.2) is 12.4 Å². The maximum absolute atomic E-state index is 12.5. The van der Waals surface area contributed by atoms with Crippen molar-refractivity contribution in [3.63, 3.8) is 0 Å². The predicted molar refractivity (Wildman–Crippen MR) is 101 cm³/mol. The van der Waals surface area contributed by atoms with Gasteiger partial charge >= 0.3 is 0 Å². The molecule has 1 spiro atoms. The van der Waals surface area contributed by atoms with Crippen molar-refractivity contribution in [3.05, 3.63) is 23.8 Å². The normalized spacial score (nSPS) is 23.1. The van der Waals surface area contributed by atoms with Gasteiger partial charge in [-0.1, -0.05) is 6.92 Å². The lowest BCUT2D eigenvalue weighted by molar-refractivity contribution is -0.146. The van der Waals surface area contributed by atoms with Crippen LogP contribution in [0.5, 0.6) is 0 Å². The second kappa shape index (κ2) is 8.78. The van der Waals surface area contributed by atoms with Crippen LogP contribution in [0, 0.1) is 12.3 Å². The molecule has 3 rings (SSSR count). The molecule has 2 aliphatic heterocycles. The summed E-state index contributed by atoms with van der Waals surface area (Å²) in [5, 5.41) is 0. The van der Waals surface area contributed by atoms with Crippen LogP contribution in [0.25, 0.3) is 0 Å². The minimum atomic E-state index is -0.00922. The molecule has 2 fully saturated rings. The number of rotatable bonds is 6. The number of hydrogen-bond donors (Lipinski definition) is 0. The fourth-order valence-corrected chi connectivity index (χ4v) is 4.09. The maximum Gasteiger partial charge on any atom is 0.248 e. The van der Waals surface area contributed by atoms with E-state index in [0.29, 0.717) is 32.7 Å².